The van der Waals surface area contributed by atoms with E-state index in [9.17, 15) is 4.79 Å². The monoisotopic (exact) mass is 333 g/mol. The molecule has 0 aromatic heterocycles. The highest BCUT2D eigenvalue weighted by Crippen LogP contribution is 2.23. The lowest BCUT2D eigenvalue weighted by Crippen LogP contribution is -2.11. The molecule has 4 heteroatoms. The Labute approximate surface area is 143 Å². The molecule has 0 fully saturated rings. The topological polar surface area (TPSA) is 29.1 Å². The molecule has 2 aromatic carbocycles. The lowest BCUT2D eigenvalue weighted by Gasteiger charge is -2.10. The third kappa shape index (κ3) is 5.25. The zero-order valence-electron chi connectivity index (χ0n) is 12.7. The second-order valence-corrected chi connectivity index (χ2v) is 6.66. The minimum absolute atomic E-state index is 0.0845. The standard InChI is InChI=1S/C18H23NOS2/c20-18(11-4-2-8-15(22)12-13-21)19-17-10-5-7-14-6-1-3-9-16(14)17/h1,3,5-7,9-10,15,21-22H,2,4,8,11-13H2,(H,19,20). The number of anilines is 1. The van der Waals surface area contributed by atoms with Gasteiger partial charge in [0.1, 0.15) is 0 Å². The Morgan fingerprint density at radius 3 is 2.64 bits per heavy atom. The summed E-state index contributed by atoms with van der Waals surface area (Å²) in [7, 11) is 0. The van der Waals surface area contributed by atoms with Gasteiger partial charge in [0.15, 0.2) is 0 Å². The van der Waals surface area contributed by atoms with Crippen LogP contribution in [0.5, 0.6) is 0 Å². The van der Waals surface area contributed by atoms with Crippen LogP contribution < -0.4 is 5.32 Å². The number of thiol groups is 2. The van der Waals surface area contributed by atoms with E-state index in [1.165, 1.54) is 0 Å². The molecule has 0 aliphatic heterocycles. The lowest BCUT2D eigenvalue weighted by molar-refractivity contribution is -0.116. The maximum absolute atomic E-state index is 12.1. The van der Waals surface area contributed by atoms with E-state index in [0.717, 1.165) is 47.9 Å². The Hall–Kier alpha value is -1.13. The summed E-state index contributed by atoms with van der Waals surface area (Å²) in [6.07, 6.45) is 4.56. The molecule has 118 valence electrons. The van der Waals surface area contributed by atoms with Crippen molar-refractivity contribution in [2.24, 2.45) is 0 Å². The average Bonchev–Trinajstić information content (AvgIpc) is 2.52. The summed E-state index contributed by atoms with van der Waals surface area (Å²) in [4.78, 5) is 12.1. The van der Waals surface area contributed by atoms with E-state index in [-0.39, 0.29) is 5.91 Å². The third-order valence-electron chi connectivity index (χ3n) is 3.72. The van der Waals surface area contributed by atoms with Gasteiger partial charge in [0, 0.05) is 22.7 Å². The summed E-state index contributed by atoms with van der Waals surface area (Å²) < 4.78 is 0. The molecule has 0 aliphatic rings. The maximum atomic E-state index is 12.1. The van der Waals surface area contributed by atoms with Gasteiger partial charge >= 0.3 is 0 Å². The Kier molecular flexibility index (Phi) is 7.13. The summed E-state index contributed by atoms with van der Waals surface area (Å²) in [6, 6.07) is 14.1. The molecular formula is C18H23NOS2. The van der Waals surface area contributed by atoms with Gasteiger partial charge in [-0.05, 0) is 36.5 Å². The van der Waals surface area contributed by atoms with E-state index >= 15 is 0 Å². The van der Waals surface area contributed by atoms with Crippen molar-refractivity contribution in [3.8, 4) is 0 Å². The van der Waals surface area contributed by atoms with Crippen molar-refractivity contribution in [1.29, 1.82) is 0 Å². The number of benzene rings is 2. The van der Waals surface area contributed by atoms with E-state index in [0.29, 0.717) is 11.7 Å². The van der Waals surface area contributed by atoms with Crippen molar-refractivity contribution < 1.29 is 4.79 Å². The molecule has 0 heterocycles. The van der Waals surface area contributed by atoms with Gasteiger partial charge in [-0.25, -0.2) is 0 Å². The first-order valence-corrected chi connectivity index (χ1v) is 8.92. The first-order valence-electron chi connectivity index (χ1n) is 7.77. The Morgan fingerprint density at radius 2 is 1.82 bits per heavy atom. The molecule has 0 bridgehead atoms. The van der Waals surface area contributed by atoms with Gasteiger partial charge < -0.3 is 5.32 Å². The number of unbranched alkanes of at least 4 members (excludes halogenated alkanes) is 1. The number of carbonyl (C=O) groups excluding carboxylic acids is 1. The van der Waals surface area contributed by atoms with Crippen molar-refractivity contribution in [2.45, 2.75) is 37.4 Å². The van der Waals surface area contributed by atoms with Crippen molar-refractivity contribution in [3.05, 3.63) is 42.5 Å². The Bertz CT molecular complexity index is 610. The second-order valence-electron chi connectivity index (χ2n) is 5.49. The van der Waals surface area contributed by atoms with Crippen LogP contribution in [-0.4, -0.2) is 16.9 Å². The van der Waals surface area contributed by atoms with Crippen LogP contribution in [0.4, 0.5) is 5.69 Å². The molecule has 2 nitrogen and oxygen atoms in total. The van der Waals surface area contributed by atoms with Gasteiger partial charge in [0.2, 0.25) is 5.91 Å². The normalized spacial score (nSPS) is 12.3. The van der Waals surface area contributed by atoms with Crippen LogP contribution in [0.3, 0.4) is 0 Å². The smallest absolute Gasteiger partial charge is 0.224 e. The summed E-state index contributed by atoms with van der Waals surface area (Å²) in [6.45, 7) is 0. The van der Waals surface area contributed by atoms with Crippen molar-refractivity contribution >= 4 is 47.6 Å². The van der Waals surface area contributed by atoms with E-state index in [1.807, 2.05) is 30.3 Å². The summed E-state index contributed by atoms with van der Waals surface area (Å²) in [5, 5.41) is 5.66. The number of hydrogen-bond acceptors (Lipinski definition) is 3. The lowest BCUT2D eigenvalue weighted by atomic mass is 10.1. The number of amides is 1. The molecule has 1 atom stereocenters. The fraction of sp³-hybridized carbons (Fsp3) is 0.389. The fourth-order valence-electron chi connectivity index (χ4n) is 2.51. The SMILES string of the molecule is O=C(CCCCC(S)CCS)Nc1cccc2ccccc12. The molecule has 2 rings (SSSR count). The van der Waals surface area contributed by atoms with Crippen LogP contribution in [0.15, 0.2) is 42.5 Å². The summed E-state index contributed by atoms with van der Waals surface area (Å²) in [5.41, 5.74) is 0.894. The van der Waals surface area contributed by atoms with Crippen LogP contribution in [0.2, 0.25) is 0 Å². The highest BCUT2D eigenvalue weighted by atomic mass is 32.1. The average molecular weight is 334 g/mol. The van der Waals surface area contributed by atoms with Crippen molar-refractivity contribution in [3.63, 3.8) is 0 Å². The maximum Gasteiger partial charge on any atom is 0.224 e. The first kappa shape index (κ1) is 17.2. The summed E-state index contributed by atoms with van der Waals surface area (Å²) in [5.74, 6) is 0.955. The number of hydrogen-bond donors (Lipinski definition) is 3. The van der Waals surface area contributed by atoms with Crippen LogP contribution in [-0.2, 0) is 4.79 Å². The molecule has 1 unspecified atom stereocenters. The molecule has 0 saturated carbocycles. The highest BCUT2D eigenvalue weighted by molar-refractivity contribution is 7.81. The molecule has 0 aliphatic carbocycles. The molecular weight excluding hydrogens is 310 g/mol. The van der Waals surface area contributed by atoms with Gasteiger partial charge in [-0.3, -0.25) is 4.79 Å². The second kappa shape index (κ2) is 9.11. The first-order chi connectivity index (χ1) is 10.7. The van der Waals surface area contributed by atoms with Crippen LogP contribution in [0.25, 0.3) is 10.8 Å². The van der Waals surface area contributed by atoms with Gasteiger partial charge in [-0.2, -0.15) is 25.3 Å². The molecule has 0 radical (unpaired) electrons. The zero-order valence-corrected chi connectivity index (χ0v) is 14.5. The van der Waals surface area contributed by atoms with Gasteiger partial charge in [0.05, 0.1) is 0 Å². The predicted molar refractivity (Wildman–Crippen MR) is 102 cm³/mol. The molecule has 22 heavy (non-hydrogen) atoms. The number of rotatable bonds is 8. The predicted octanol–water partition coefficient (Wildman–Crippen LogP) is 4.96. The summed E-state index contributed by atoms with van der Waals surface area (Å²) >= 11 is 8.72. The van der Waals surface area contributed by atoms with E-state index in [4.69, 9.17) is 0 Å². The van der Waals surface area contributed by atoms with Gasteiger partial charge in [-0.15, -0.1) is 0 Å². The Morgan fingerprint density at radius 1 is 1.05 bits per heavy atom. The molecule has 1 amide bonds. The van der Waals surface area contributed by atoms with Crippen molar-refractivity contribution in [1.82, 2.24) is 0 Å². The molecule has 0 spiro atoms. The number of nitrogens with one attached hydrogen (secondary N) is 1. The van der Waals surface area contributed by atoms with Gasteiger partial charge in [0.25, 0.3) is 0 Å². The van der Waals surface area contributed by atoms with Gasteiger partial charge in [-0.1, -0.05) is 42.8 Å². The number of fused-ring (bicyclic) bond motifs is 1. The van der Waals surface area contributed by atoms with E-state index < -0.39 is 0 Å². The quantitative estimate of drug-likeness (QED) is 0.463. The van der Waals surface area contributed by atoms with Crippen molar-refractivity contribution in [2.75, 3.05) is 11.1 Å². The highest BCUT2D eigenvalue weighted by Gasteiger charge is 2.06. The van der Waals surface area contributed by atoms with Crippen LogP contribution >= 0.6 is 25.3 Å². The molecule has 2 aromatic rings. The minimum Gasteiger partial charge on any atom is -0.326 e. The van der Waals surface area contributed by atoms with Crippen LogP contribution in [0.1, 0.15) is 32.1 Å². The molecule has 1 N–H and O–H groups in total. The van der Waals surface area contributed by atoms with Crippen LogP contribution in [0, 0.1) is 0 Å². The largest absolute Gasteiger partial charge is 0.326 e. The zero-order chi connectivity index (χ0) is 15.8. The minimum atomic E-state index is 0.0845. The molecule has 0 saturated heterocycles. The fourth-order valence-corrected chi connectivity index (χ4v) is 3.33. The van der Waals surface area contributed by atoms with E-state index in [2.05, 4.69) is 42.7 Å². The third-order valence-corrected chi connectivity index (χ3v) is 4.49. The number of carbonyl (C=O) groups is 1. The Balaban J connectivity index is 1.81. The van der Waals surface area contributed by atoms with E-state index in [1.54, 1.807) is 0 Å².